The summed E-state index contributed by atoms with van der Waals surface area (Å²) in [5, 5.41) is 4.90. The zero-order chi connectivity index (χ0) is 10.9. The van der Waals surface area contributed by atoms with Crippen molar-refractivity contribution in [3.05, 3.63) is 0 Å². The van der Waals surface area contributed by atoms with E-state index >= 15 is 0 Å². The average Bonchev–Trinajstić information content (AvgIpc) is 2.41. The molecule has 0 aromatic carbocycles. The fraction of sp³-hybridized carbons (Fsp3) is 0.909. The van der Waals surface area contributed by atoms with Crippen LogP contribution in [0.4, 0.5) is 0 Å². The van der Waals surface area contributed by atoms with Gasteiger partial charge >= 0.3 is 0 Å². The maximum Gasteiger partial charge on any atom is 0.249 e. The van der Waals surface area contributed by atoms with Crippen LogP contribution in [0.15, 0.2) is 0 Å². The molecule has 0 saturated carbocycles. The van der Waals surface area contributed by atoms with E-state index in [4.69, 9.17) is 4.84 Å². The Balaban J connectivity index is 1.86. The second kappa shape index (κ2) is 4.10. The van der Waals surface area contributed by atoms with Gasteiger partial charge < -0.3 is 5.32 Å². The molecule has 1 amide bonds. The molecule has 0 spiro atoms. The second-order valence-corrected chi connectivity index (χ2v) is 5.18. The summed E-state index contributed by atoms with van der Waals surface area (Å²) in [6.07, 6.45) is 2.80. The highest BCUT2D eigenvalue weighted by atomic mass is 16.7. The summed E-state index contributed by atoms with van der Waals surface area (Å²) in [6, 6.07) is 0. The lowest BCUT2D eigenvalue weighted by atomic mass is 9.98. The molecule has 15 heavy (non-hydrogen) atoms. The summed E-state index contributed by atoms with van der Waals surface area (Å²) < 4.78 is 0. The molecule has 4 nitrogen and oxygen atoms in total. The van der Waals surface area contributed by atoms with E-state index in [1.807, 2.05) is 13.8 Å². The number of nitrogens with one attached hydrogen (secondary N) is 1. The molecule has 1 N–H and O–H groups in total. The minimum atomic E-state index is -0.302. The van der Waals surface area contributed by atoms with E-state index in [-0.39, 0.29) is 11.5 Å². The van der Waals surface area contributed by atoms with Crippen LogP contribution in [0.5, 0.6) is 0 Å². The largest absolute Gasteiger partial charge is 0.317 e. The van der Waals surface area contributed by atoms with Crippen molar-refractivity contribution in [3.63, 3.8) is 0 Å². The third kappa shape index (κ3) is 2.69. The van der Waals surface area contributed by atoms with Crippen molar-refractivity contribution < 1.29 is 9.63 Å². The SMILES string of the molecule is CC1(C)CC(=O)N(CC2CCNCC2)O1. The first-order chi connectivity index (χ1) is 7.07. The van der Waals surface area contributed by atoms with E-state index in [2.05, 4.69) is 5.32 Å². The van der Waals surface area contributed by atoms with Crippen LogP contribution in [0.2, 0.25) is 0 Å². The number of carbonyl (C=O) groups is 1. The molecule has 2 aliphatic heterocycles. The van der Waals surface area contributed by atoms with Crippen molar-refractivity contribution in [3.8, 4) is 0 Å². The summed E-state index contributed by atoms with van der Waals surface area (Å²) in [4.78, 5) is 17.3. The number of rotatable bonds is 2. The number of hydrogen-bond donors (Lipinski definition) is 1. The molecular weight excluding hydrogens is 192 g/mol. The van der Waals surface area contributed by atoms with Crippen LogP contribution in [0.25, 0.3) is 0 Å². The predicted molar refractivity (Wildman–Crippen MR) is 57.1 cm³/mol. The Labute approximate surface area is 90.9 Å². The predicted octanol–water partition coefficient (Wildman–Crippen LogP) is 0.928. The molecule has 0 radical (unpaired) electrons. The van der Waals surface area contributed by atoms with Gasteiger partial charge in [0.15, 0.2) is 0 Å². The number of carbonyl (C=O) groups excluding carboxylic acids is 1. The molecule has 0 unspecified atom stereocenters. The lowest BCUT2D eigenvalue weighted by molar-refractivity contribution is -0.195. The van der Waals surface area contributed by atoms with Crippen molar-refractivity contribution in [2.45, 2.75) is 38.7 Å². The topological polar surface area (TPSA) is 41.6 Å². The van der Waals surface area contributed by atoms with Crippen molar-refractivity contribution in [2.24, 2.45) is 5.92 Å². The summed E-state index contributed by atoms with van der Waals surface area (Å²) >= 11 is 0. The van der Waals surface area contributed by atoms with Crippen LogP contribution >= 0.6 is 0 Å². The monoisotopic (exact) mass is 212 g/mol. The minimum Gasteiger partial charge on any atom is -0.317 e. The Hall–Kier alpha value is -0.610. The van der Waals surface area contributed by atoms with Gasteiger partial charge in [0.05, 0.1) is 18.6 Å². The van der Waals surface area contributed by atoms with Crippen molar-refractivity contribution in [1.29, 1.82) is 0 Å². The number of hydroxylamine groups is 2. The zero-order valence-corrected chi connectivity index (χ0v) is 9.58. The van der Waals surface area contributed by atoms with Gasteiger partial charge in [-0.05, 0) is 45.7 Å². The summed E-state index contributed by atoms with van der Waals surface area (Å²) in [6.45, 7) is 6.83. The molecule has 0 aliphatic carbocycles. The smallest absolute Gasteiger partial charge is 0.249 e. The summed E-state index contributed by atoms with van der Waals surface area (Å²) in [5.74, 6) is 0.739. The Bertz CT molecular complexity index is 247. The van der Waals surface area contributed by atoms with Gasteiger partial charge in [0.25, 0.3) is 0 Å². The lowest BCUT2D eigenvalue weighted by Gasteiger charge is -2.27. The number of amides is 1. The van der Waals surface area contributed by atoms with Crippen LogP contribution in [0.3, 0.4) is 0 Å². The number of nitrogens with zero attached hydrogens (tertiary/aromatic N) is 1. The first-order valence-corrected chi connectivity index (χ1v) is 5.77. The molecule has 2 aliphatic rings. The lowest BCUT2D eigenvalue weighted by Crippen LogP contribution is -2.36. The van der Waals surface area contributed by atoms with Crippen molar-refractivity contribution in [1.82, 2.24) is 10.4 Å². The third-order valence-corrected chi connectivity index (χ3v) is 3.10. The molecule has 0 bridgehead atoms. The quantitative estimate of drug-likeness (QED) is 0.740. The molecule has 2 fully saturated rings. The summed E-state index contributed by atoms with van der Waals surface area (Å²) in [5.41, 5.74) is -0.302. The van der Waals surface area contributed by atoms with E-state index in [1.165, 1.54) is 0 Å². The first-order valence-electron chi connectivity index (χ1n) is 5.77. The van der Waals surface area contributed by atoms with Gasteiger partial charge in [-0.2, -0.15) is 0 Å². The van der Waals surface area contributed by atoms with Gasteiger partial charge in [0.2, 0.25) is 5.91 Å². The Kier molecular flexibility index (Phi) is 2.98. The maximum atomic E-state index is 11.6. The molecule has 0 aromatic heterocycles. The highest BCUT2D eigenvalue weighted by molar-refractivity contribution is 5.77. The molecule has 0 atom stereocenters. The highest BCUT2D eigenvalue weighted by Crippen LogP contribution is 2.27. The van der Waals surface area contributed by atoms with Crippen LogP contribution in [0.1, 0.15) is 33.1 Å². The number of hydrogen-bond acceptors (Lipinski definition) is 3. The van der Waals surface area contributed by atoms with E-state index < -0.39 is 0 Å². The first kappa shape index (κ1) is 10.9. The van der Waals surface area contributed by atoms with Crippen molar-refractivity contribution in [2.75, 3.05) is 19.6 Å². The van der Waals surface area contributed by atoms with Gasteiger partial charge in [-0.25, -0.2) is 5.06 Å². The van der Waals surface area contributed by atoms with E-state index in [0.717, 1.165) is 32.5 Å². The van der Waals surface area contributed by atoms with E-state index in [0.29, 0.717) is 12.3 Å². The van der Waals surface area contributed by atoms with E-state index in [9.17, 15) is 4.79 Å². The van der Waals surface area contributed by atoms with Crippen LogP contribution in [0, 0.1) is 5.92 Å². The average molecular weight is 212 g/mol. The van der Waals surface area contributed by atoms with Gasteiger partial charge in [-0.15, -0.1) is 0 Å². The zero-order valence-electron chi connectivity index (χ0n) is 9.58. The second-order valence-electron chi connectivity index (χ2n) is 5.18. The van der Waals surface area contributed by atoms with E-state index in [1.54, 1.807) is 5.06 Å². The fourth-order valence-corrected chi connectivity index (χ4v) is 2.27. The van der Waals surface area contributed by atoms with Gasteiger partial charge in [0.1, 0.15) is 0 Å². The standard InChI is InChI=1S/C11H20N2O2/c1-11(2)7-10(14)13(15-11)8-9-3-5-12-6-4-9/h9,12H,3-8H2,1-2H3. The molecular formula is C11H20N2O2. The fourth-order valence-electron chi connectivity index (χ4n) is 2.27. The molecule has 2 heterocycles. The minimum absolute atomic E-state index is 0.138. The summed E-state index contributed by atoms with van der Waals surface area (Å²) in [7, 11) is 0. The van der Waals surface area contributed by atoms with Crippen LogP contribution in [-0.2, 0) is 9.63 Å². The highest BCUT2D eigenvalue weighted by Gasteiger charge is 2.38. The van der Waals surface area contributed by atoms with Crippen LogP contribution < -0.4 is 5.32 Å². The Morgan fingerprint density at radius 1 is 1.47 bits per heavy atom. The third-order valence-electron chi connectivity index (χ3n) is 3.10. The van der Waals surface area contributed by atoms with Crippen molar-refractivity contribution >= 4 is 5.91 Å². The molecule has 4 heteroatoms. The maximum absolute atomic E-state index is 11.6. The molecule has 2 saturated heterocycles. The normalized spacial score (nSPS) is 27.3. The molecule has 86 valence electrons. The van der Waals surface area contributed by atoms with Crippen LogP contribution in [-0.4, -0.2) is 36.2 Å². The molecule has 2 rings (SSSR count). The molecule has 0 aromatic rings. The van der Waals surface area contributed by atoms with Gasteiger partial charge in [-0.3, -0.25) is 9.63 Å². The van der Waals surface area contributed by atoms with Gasteiger partial charge in [-0.1, -0.05) is 0 Å². The Morgan fingerprint density at radius 2 is 2.13 bits per heavy atom. The number of piperidine rings is 1. The van der Waals surface area contributed by atoms with Gasteiger partial charge in [0, 0.05) is 0 Å². The Morgan fingerprint density at radius 3 is 2.67 bits per heavy atom.